The lowest BCUT2D eigenvalue weighted by molar-refractivity contribution is -0.186. The molecule has 4 nitrogen and oxygen atoms in total. The van der Waals surface area contributed by atoms with Crippen molar-refractivity contribution in [3.8, 4) is 0 Å². The molecule has 4 heteroatoms. The summed E-state index contributed by atoms with van der Waals surface area (Å²) in [7, 11) is 1.70. The van der Waals surface area contributed by atoms with Crippen LogP contribution in [0, 0.1) is 5.92 Å². The topological polar surface area (TPSA) is 35.9 Å². The van der Waals surface area contributed by atoms with Crippen LogP contribution in [-0.2, 0) is 10.2 Å². The van der Waals surface area contributed by atoms with Gasteiger partial charge < -0.3 is 19.6 Å². The van der Waals surface area contributed by atoms with Crippen LogP contribution >= 0.6 is 0 Å². The quantitative estimate of drug-likeness (QED) is 0.882. The summed E-state index contributed by atoms with van der Waals surface area (Å²) in [6.45, 7) is 6.51. The zero-order chi connectivity index (χ0) is 14.5. The van der Waals surface area contributed by atoms with E-state index in [1.165, 1.54) is 5.56 Å². The smallest absolute Gasteiger partial charge is 0.105 e. The Bertz CT molecular complexity index is 505. The van der Waals surface area contributed by atoms with Gasteiger partial charge in [0.15, 0.2) is 0 Å². The molecule has 3 unspecified atom stereocenters. The van der Waals surface area contributed by atoms with Gasteiger partial charge in [0.05, 0.1) is 12.0 Å². The zero-order valence-electron chi connectivity index (χ0n) is 12.7. The van der Waals surface area contributed by atoms with Crippen LogP contribution < -0.4 is 0 Å². The van der Waals surface area contributed by atoms with E-state index in [0.717, 1.165) is 39.3 Å². The largest absolute Gasteiger partial charge is 0.386 e. The Kier molecular flexibility index (Phi) is 3.12. The number of aliphatic hydroxyl groups is 1. The van der Waals surface area contributed by atoms with Crippen molar-refractivity contribution in [2.45, 2.75) is 11.0 Å². The molecule has 5 rings (SSSR count). The molecule has 0 radical (unpaired) electrons. The summed E-state index contributed by atoms with van der Waals surface area (Å²) in [4.78, 5) is 5.07. The molecule has 1 N–H and O–H groups in total. The molecule has 0 aliphatic carbocycles. The highest BCUT2D eigenvalue weighted by Gasteiger charge is 2.63. The molecule has 0 aromatic heterocycles. The number of rotatable bonds is 3. The molecule has 0 saturated carbocycles. The maximum Gasteiger partial charge on any atom is 0.105 e. The molecule has 1 aromatic rings. The second-order valence-electron chi connectivity index (χ2n) is 6.97. The van der Waals surface area contributed by atoms with Crippen molar-refractivity contribution < 1.29 is 9.84 Å². The molecule has 4 saturated heterocycles. The highest BCUT2D eigenvalue weighted by molar-refractivity contribution is 5.36. The first-order valence-electron chi connectivity index (χ1n) is 7.89. The number of piperidine rings is 2. The van der Waals surface area contributed by atoms with Crippen LogP contribution in [0.5, 0.6) is 0 Å². The molecule has 21 heavy (non-hydrogen) atoms. The normalized spacial score (nSPS) is 44.8. The average Bonchev–Trinajstić information content (AvgIpc) is 2.75. The zero-order valence-corrected chi connectivity index (χ0v) is 12.7. The number of benzene rings is 1. The SMILES string of the molecule is COCC1(O)C2CN3CCN(C2)CC1(c1ccccc1)C3. The van der Waals surface area contributed by atoms with Crippen molar-refractivity contribution in [2.75, 3.05) is 53.0 Å². The third-order valence-corrected chi connectivity index (χ3v) is 5.87. The summed E-state index contributed by atoms with van der Waals surface area (Å²) in [5.41, 5.74) is 0.258. The lowest BCUT2D eigenvalue weighted by atomic mass is 9.57. The summed E-state index contributed by atoms with van der Waals surface area (Å²) < 4.78 is 5.47. The fourth-order valence-electron chi connectivity index (χ4n) is 4.88. The van der Waals surface area contributed by atoms with Crippen molar-refractivity contribution in [3.05, 3.63) is 35.9 Å². The molecular weight excluding hydrogens is 264 g/mol. The van der Waals surface area contributed by atoms with Crippen LogP contribution in [0.1, 0.15) is 5.56 Å². The van der Waals surface area contributed by atoms with Gasteiger partial charge in [-0.3, -0.25) is 0 Å². The Morgan fingerprint density at radius 3 is 2.33 bits per heavy atom. The van der Waals surface area contributed by atoms with Crippen molar-refractivity contribution >= 4 is 0 Å². The summed E-state index contributed by atoms with van der Waals surface area (Å²) in [5, 5.41) is 11.6. The van der Waals surface area contributed by atoms with Crippen LogP contribution in [0.25, 0.3) is 0 Å². The molecule has 4 aliphatic rings. The minimum absolute atomic E-state index is 0.234. The molecule has 3 atom stereocenters. The Labute approximate surface area is 126 Å². The van der Waals surface area contributed by atoms with E-state index in [0.29, 0.717) is 6.61 Å². The first-order chi connectivity index (χ1) is 10.2. The van der Waals surface area contributed by atoms with Gasteiger partial charge >= 0.3 is 0 Å². The van der Waals surface area contributed by atoms with Gasteiger partial charge in [0, 0.05) is 52.3 Å². The molecule has 4 aliphatic heterocycles. The van der Waals surface area contributed by atoms with Gasteiger partial charge in [-0.15, -0.1) is 0 Å². The van der Waals surface area contributed by atoms with E-state index in [-0.39, 0.29) is 11.3 Å². The van der Waals surface area contributed by atoms with Crippen molar-refractivity contribution in [1.29, 1.82) is 0 Å². The molecule has 4 fully saturated rings. The van der Waals surface area contributed by atoms with Crippen LogP contribution in [0.4, 0.5) is 0 Å². The van der Waals surface area contributed by atoms with E-state index in [2.05, 4.69) is 34.1 Å². The predicted molar refractivity (Wildman–Crippen MR) is 81.3 cm³/mol. The van der Waals surface area contributed by atoms with Crippen molar-refractivity contribution in [1.82, 2.24) is 9.80 Å². The summed E-state index contributed by atoms with van der Waals surface area (Å²) in [5.74, 6) is 0.266. The monoisotopic (exact) mass is 288 g/mol. The Hall–Kier alpha value is -0.940. The van der Waals surface area contributed by atoms with Gasteiger partial charge in [0.2, 0.25) is 0 Å². The Morgan fingerprint density at radius 2 is 1.76 bits per heavy atom. The predicted octanol–water partition coefficient (Wildman–Crippen LogP) is 0.563. The fraction of sp³-hybridized carbons (Fsp3) is 0.647. The minimum Gasteiger partial charge on any atom is -0.386 e. The van der Waals surface area contributed by atoms with Gasteiger partial charge in [-0.2, -0.15) is 0 Å². The Balaban J connectivity index is 1.87. The van der Waals surface area contributed by atoms with Crippen molar-refractivity contribution in [3.63, 3.8) is 0 Å². The highest BCUT2D eigenvalue weighted by Crippen LogP contribution is 2.49. The molecule has 1 aromatic carbocycles. The third kappa shape index (κ3) is 1.83. The first-order valence-corrected chi connectivity index (χ1v) is 7.89. The summed E-state index contributed by atoms with van der Waals surface area (Å²) >= 11 is 0. The summed E-state index contributed by atoms with van der Waals surface area (Å²) in [6, 6.07) is 10.6. The second-order valence-corrected chi connectivity index (χ2v) is 6.97. The number of fused-ring (bicyclic) bond motifs is 1. The molecule has 0 spiro atoms. The Morgan fingerprint density at radius 1 is 1.14 bits per heavy atom. The van der Waals surface area contributed by atoms with E-state index in [1.54, 1.807) is 7.11 Å². The average molecular weight is 288 g/mol. The van der Waals surface area contributed by atoms with Crippen LogP contribution in [0.2, 0.25) is 0 Å². The van der Waals surface area contributed by atoms with E-state index in [4.69, 9.17) is 4.74 Å². The van der Waals surface area contributed by atoms with Gasteiger partial charge in [0.1, 0.15) is 5.60 Å². The number of hydrogen-bond donors (Lipinski definition) is 1. The maximum absolute atomic E-state index is 11.6. The van der Waals surface area contributed by atoms with E-state index >= 15 is 0 Å². The van der Waals surface area contributed by atoms with Crippen molar-refractivity contribution in [2.24, 2.45) is 5.92 Å². The van der Waals surface area contributed by atoms with E-state index in [1.807, 2.05) is 6.07 Å². The number of nitrogens with zero attached hydrogens (tertiary/aromatic N) is 2. The van der Waals surface area contributed by atoms with E-state index < -0.39 is 5.60 Å². The van der Waals surface area contributed by atoms with Crippen LogP contribution in [0.3, 0.4) is 0 Å². The minimum atomic E-state index is -0.763. The lowest BCUT2D eigenvalue weighted by Crippen LogP contribution is -2.74. The number of ether oxygens (including phenoxy) is 1. The molecule has 4 bridgehead atoms. The first kappa shape index (κ1) is 13.7. The van der Waals surface area contributed by atoms with Gasteiger partial charge in [-0.1, -0.05) is 30.3 Å². The van der Waals surface area contributed by atoms with Gasteiger partial charge in [0.25, 0.3) is 0 Å². The van der Waals surface area contributed by atoms with E-state index in [9.17, 15) is 5.11 Å². The second kappa shape index (κ2) is 4.78. The standard InChI is InChI=1S/C17H24N2O2/c1-21-13-17(20)15-9-18-7-8-19(10-15)12-16(17,11-18)14-5-3-2-4-6-14/h2-6,15,20H,7-13H2,1H3. The van der Waals surface area contributed by atoms with Crippen LogP contribution in [0.15, 0.2) is 30.3 Å². The maximum atomic E-state index is 11.6. The summed E-state index contributed by atoms with van der Waals surface area (Å²) in [6.07, 6.45) is 0. The molecule has 114 valence electrons. The lowest BCUT2D eigenvalue weighted by Gasteiger charge is -2.60. The molecule has 4 heterocycles. The van der Waals surface area contributed by atoms with Gasteiger partial charge in [-0.25, -0.2) is 0 Å². The molecule has 0 amide bonds. The highest BCUT2D eigenvalue weighted by atomic mass is 16.5. The third-order valence-electron chi connectivity index (χ3n) is 5.87. The number of methoxy groups -OCH3 is 1. The van der Waals surface area contributed by atoms with Gasteiger partial charge in [-0.05, 0) is 5.56 Å². The number of hydrogen-bond acceptors (Lipinski definition) is 4. The van der Waals surface area contributed by atoms with Crippen LogP contribution in [-0.4, -0.2) is 73.5 Å². The fourth-order valence-corrected chi connectivity index (χ4v) is 4.88. The molecular formula is C17H24N2O2.